The molecule has 2 N–H and O–H groups in total. The number of ether oxygens (including phenoxy) is 1. The number of nitriles is 1. The molecule has 1 aromatic carbocycles. The quantitative estimate of drug-likeness (QED) is 0.611. The maximum Gasteiger partial charge on any atom is 0.307 e. The Morgan fingerprint density at radius 2 is 2.14 bits per heavy atom. The second-order valence-corrected chi connectivity index (χ2v) is 6.26. The average molecular weight is 311 g/mol. The Balaban J connectivity index is 2.90. The maximum atomic E-state index is 12.3. The number of carbonyl (C=O) groups is 1. The number of rotatable bonds is 6. The fourth-order valence-corrected chi connectivity index (χ4v) is 2.89. The number of hydrogen-bond donors (Lipinski definition) is 1. The van der Waals surface area contributed by atoms with E-state index in [1.165, 1.54) is 25.2 Å². The summed E-state index contributed by atoms with van der Waals surface area (Å²) in [5, 5.41) is 8.74. The van der Waals surface area contributed by atoms with E-state index in [9.17, 15) is 13.2 Å². The first-order chi connectivity index (χ1) is 9.82. The van der Waals surface area contributed by atoms with Crippen molar-refractivity contribution < 1.29 is 17.9 Å². The molecule has 0 unspecified atom stereocenters. The molecule has 0 bridgehead atoms. The van der Waals surface area contributed by atoms with Crippen LogP contribution in [0.1, 0.15) is 18.9 Å². The zero-order valence-electron chi connectivity index (χ0n) is 11.9. The van der Waals surface area contributed by atoms with Crippen molar-refractivity contribution in [2.75, 3.05) is 25.9 Å². The molecule has 0 radical (unpaired) electrons. The van der Waals surface area contributed by atoms with Crippen LogP contribution >= 0.6 is 0 Å². The number of nitrogens with zero attached hydrogens (tertiary/aromatic N) is 2. The van der Waals surface area contributed by atoms with Crippen LogP contribution in [-0.2, 0) is 19.6 Å². The van der Waals surface area contributed by atoms with Crippen LogP contribution < -0.4 is 5.73 Å². The van der Waals surface area contributed by atoms with Gasteiger partial charge in [-0.05, 0) is 25.1 Å². The summed E-state index contributed by atoms with van der Waals surface area (Å²) < 4.78 is 30.4. The Kier molecular flexibility index (Phi) is 5.69. The number of nitrogen functional groups attached to an aromatic ring is 1. The first kappa shape index (κ1) is 16.9. The van der Waals surface area contributed by atoms with Gasteiger partial charge in [0.25, 0.3) is 0 Å². The predicted molar refractivity (Wildman–Crippen MR) is 76.6 cm³/mol. The fourth-order valence-electron chi connectivity index (χ4n) is 1.62. The second-order valence-electron chi connectivity index (χ2n) is 4.25. The molecule has 0 aliphatic rings. The zero-order valence-corrected chi connectivity index (χ0v) is 12.7. The van der Waals surface area contributed by atoms with E-state index in [-0.39, 0.29) is 35.7 Å². The van der Waals surface area contributed by atoms with Gasteiger partial charge in [-0.25, -0.2) is 12.7 Å². The lowest BCUT2D eigenvalue weighted by Gasteiger charge is -2.18. The molecule has 0 saturated heterocycles. The van der Waals surface area contributed by atoms with Crippen molar-refractivity contribution in [3.63, 3.8) is 0 Å². The molecule has 0 aromatic heterocycles. The van der Waals surface area contributed by atoms with Crippen molar-refractivity contribution >= 4 is 21.7 Å². The Morgan fingerprint density at radius 3 is 2.67 bits per heavy atom. The molecule has 114 valence electrons. The molecule has 1 rings (SSSR count). The summed E-state index contributed by atoms with van der Waals surface area (Å²) >= 11 is 0. The van der Waals surface area contributed by atoms with Gasteiger partial charge in [0, 0.05) is 13.6 Å². The Hall–Kier alpha value is -2.11. The van der Waals surface area contributed by atoms with Gasteiger partial charge in [-0.2, -0.15) is 5.26 Å². The van der Waals surface area contributed by atoms with E-state index in [2.05, 4.69) is 0 Å². The molecule has 0 fully saturated rings. The lowest BCUT2D eigenvalue weighted by atomic mass is 10.2. The highest BCUT2D eigenvalue weighted by atomic mass is 32.2. The van der Waals surface area contributed by atoms with Crippen molar-refractivity contribution in [2.24, 2.45) is 0 Å². The molecule has 21 heavy (non-hydrogen) atoms. The number of benzene rings is 1. The van der Waals surface area contributed by atoms with Crippen LogP contribution in [0.5, 0.6) is 0 Å². The summed E-state index contributed by atoms with van der Waals surface area (Å²) in [4.78, 5) is 11.2. The molecular weight excluding hydrogens is 294 g/mol. The summed E-state index contributed by atoms with van der Waals surface area (Å²) in [7, 11) is -2.46. The Bertz CT molecular complexity index is 664. The SMILES string of the molecule is CCOC(=O)CCN(C)S(=O)(=O)c1ccc(C#N)cc1N. The third kappa shape index (κ3) is 4.18. The Labute approximate surface area is 124 Å². The highest BCUT2D eigenvalue weighted by molar-refractivity contribution is 7.89. The average Bonchev–Trinajstić information content (AvgIpc) is 2.44. The molecule has 0 amide bonds. The molecule has 0 saturated carbocycles. The van der Waals surface area contributed by atoms with E-state index in [4.69, 9.17) is 15.7 Å². The van der Waals surface area contributed by atoms with Gasteiger partial charge in [0.2, 0.25) is 10.0 Å². The lowest BCUT2D eigenvalue weighted by Crippen LogP contribution is -2.30. The van der Waals surface area contributed by atoms with Crippen LogP contribution in [0.3, 0.4) is 0 Å². The van der Waals surface area contributed by atoms with Crippen LogP contribution in [0.15, 0.2) is 23.1 Å². The summed E-state index contributed by atoms with van der Waals surface area (Å²) in [6.07, 6.45) is -0.0419. The number of anilines is 1. The van der Waals surface area contributed by atoms with Gasteiger partial charge in [-0.3, -0.25) is 4.79 Å². The smallest absolute Gasteiger partial charge is 0.307 e. The van der Waals surface area contributed by atoms with Crippen LogP contribution in [-0.4, -0.2) is 38.9 Å². The summed E-state index contributed by atoms with van der Waals surface area (Å²) in [5.41, 5.74) is 5.95. The van der Waals surface area contributed by atoms with Gasteiger partial charge >= 0.3 is 5.97 Å². The molecule has 0 heterocycles. The monoisotopic (exact) mass is 311 g/mol. The minimum absolute atomic E-state index is 0.00275. The van der Waals surface area contributed by atoms with Gasteiger partial charge in [0.05, 0.1) is 30.3 Å². The summed E-state index contributed by atoms with van der Waals surface area (Å²) in [6, 6.07) is 5.84. The van der Waals surface area contributed by atoms with Crippen LogP contribution in [0, 0.1) is 11.3 Å². The summed E-state index contributed by atoms with van der Waals surface area (Å²) in [5.74, 6) is -0.465. The fraction of sp³-hybridized carbons (Fsp3) is 0.385. The van der Waals surface area contributed by atoms with Gasteiger partial charge < -0.3 is 10.5 Å². The molecule has 0 atom stereocenters. The predicted octanol–water partition coefficient (Wildman–Crippen LogP) is 0.714. The topological polar surface area (TPSA) is 113 Å². The molecule has 0 aliphatic heterocycles. The maximum absolute atomic E-state index is 12.3. The highest BCUT2D eigenvalue weighted by Gasteiger charge is 2.24. The zero-order chi connectivity index (χ0) is 16.0. The van der Waals surface area contributed by atoms with Crippen LogP contribution in [0.2, 0.25) is 0 Å². The van der Waals surface area contributed by atoms with Crippen molar-refractivity contribution in [1.82, 2.24) is 4.31 Å². The van der Waals surface area contributed by atoms with Gasteiger partial charge in [0.1, 0.15) is 4.90 Å². The number of hydrogen-bond acceptors (Lipinski definition) is 6. The first-order valence-corrected chi connectivity index (χ1v) is 7.68. The van der Waals surface area contributed by atoms with Gasteiger partial charge in [-0.1, -0.05) is 0 Å². The van der Waals surface area contributed by atoms with Gasteiger partial charge in [-0.15, -0.1) is 0 Å². The summed E-state index contributed by atoms with van der Waals surface area (Å²) in [6.45, 7) is 1.91. The Morgan fingerprint density at radius 1 is 1.48 bits per heavy atom. The van der Waals surface area contributed by atoms with E-state index in [0.29, 0.717) is 0 Å². The molecule has 8 heteroatoms. The van der Waals surface area contributed by atoms with Crippen LogP contribution in [0.4, 0.5) is 5.69 Å². The second kappa shape index (κ2) is 7.06. The minimum atomic E-state index is -3.81. The normalized spacial score (nSPS) is 11.1. The molecule has 0 spiro atoms. The van der Waals surface area contributed by atoms with Crippen molar-refractivity contribution in [3.05, 3.63) is 23.8 Å². The minimum Gasteiger partial charge on any atom is -0.466 e. The van der Waals surface area contributed by atoms with Crippen molar-refractivity contribution in [1.29, 1.82) is 5.26 Å². The highest BCUT2D eigenvalue weighted by Crippen LogP contribution is 2.22. The van der Waals surface area contributed by atoms with Crippen molar-refractivity contribution in [2.45, 2.75) is 18.2 Å². The third-order valence-corrected chi connectivity index (χ3v) is 4.69. The molecular formula is C13H17N3O4S. The van der Waals surface area contributed by atoms with E-state index in [0.717, 1.165) is 4.31 Å². The first-order valence-electron chi connectivity index (χ1n) is 6.24. The van der Waals surface area contributed by atoms with Gasteiger partial charge in [0.15, 0.2) is 0 Å². The number of esters is 1. The molecule has 1 aromatic rings. The van der Waals surface area contributed by atoms with E-state index >= 15 is 0 Å². The lowest BCUT2D eigenvalue weighted by molar-refractivity contribution is -0.143. The third-order valence-electron chi connectivity index (χ3n) is 2.76. The van der Waals surface area contributed by atoms with Crippen LogP contribution in [0.25, 0.3) is 0 Å². The number of carbonyl (C=O) groups excluding carboxylic acids is 1. The molecule has 7 nitrogen and oxygen atoms in total. The largest absolute Gasteiger partial charge is 0.466 e. The van der Waals surface area contributed by atoms with E-state index < -0.39 is 16.0 Å². The standard InChI is InChI=1S/C13H17N3O4S/c1-3-20-13(17)6-7-16(2)21(18,19)12-5-4-10(9-14)8-11(12)15/h4-5,8H,3,6-7,15H2,1-2H3. The van der Waals surface area contributed by atoms with E-state index in [1.54, 1.807) is 6.92 Å². The number of nitrogens with two attached hydrogens (primary N) is 1. The van der Waals surface area contributed by atoms with E-state index in [1.807, 2.05) is 6.07 Å². The van der Waals surface area contributed by atoms with Crippen molar-refractivity contribution in [3.8, 4) is 6.07 Å². The number of sulfonamides is 1. The molecule has 0 aliphatic carbocycles.